The van der Waals surface area contributed by atoms with Gasteiger partial charge in [-0.25, -0.2) is 0 Å². The van der Waals surface area contributed by atoms with Crippen LogP contribution in [-0.2, 0) is 14.9 Å². The molecule has 0 heterocycles. The van der Waals surface area contributed by atoms with Crippen LogP contribution in [0, 0.1) is 11.3 Å². The summed E-state index contributed by atoms with van der Waals surface area (Å²) in [6.45, 7) is 3.05. The van der Waals surface area contributed by atoms with E-state index < -0.39 is 0 Å². The maximum atomic E-state index is 11.2. The van der Waals surface area contributed by atoms with Crippen molar-refractivity contribution in [3.05, 3.63) is 35.9 Å². The second-order valence-corrected chi connectivity index (χ2v) is 5.53. The fourth-order valence-electron chi connectivity index (χ4n) is 2.85. The van der Waals surface area contributed by atoms with E-state index in [1.807, 2.05) is 37.3 Å². The molecule has 4 nitrogen and oxygen atoms in total. The van der Waals surface area contributed by atoms with Gasteiger partial charge in [0.05, 0.1) is 18.1 Å². The molecule has 112 valence electrons. The monoisotopic (exact) mass is 286 g/mol. The first-order chi connectivity index (χ1) is 10.2. The molecule has 0 bridgehead atoms. The fourth-order valence-corrected chi connectivity index (χ4v) is 2.85. The van der Waals surface area contributed by atoms with E-state index in [4.69, 9.17) is 4.74 Å². The molecule has 0 amide bonds. The molecule has 0 atom stereocenters. The summed E-state index contributed by atoms with van der Waals surface area (Å²) >= 11 is 0. The average Bonchev–Trinajstić information content (AvgIpc) is 2.47. The van der Waals surface area contributed by atoms with E-state index in [9.17, 15) is 10.1 Å². The predicted octanol–water partition coefficient (Wildman–Crippen LogP) is 2.54. The molecule has 0 radical (unpaired) electrons. The lowest BCUT2D eigenvalue weighted by atomic mass is 9.62. The number of nitrogens with one attached hydrogen (secondary N) is 1. The molecule has 0 unspecified atom stereocenters. The Morgan fingerprint density at radius 2 is 2.14 bits per heavy atom. The minimum atomic E-state index is -0.333. The molecular weight excluding hydrogens is 264 g/mol. The topological polar surface area (TPSA) is 62.1 Å². The van der Waals surface area contributed by atoms with Crippen LogP contribution in [0.4, 0.5) is 0 Å². The van der Waals surface area contributed by atoms with Crippen LogP contribution < -0.4 is 5.32 Å². The Morgan fingerprint density at radius 3 is 2.76 bits per heavy atom. The summed E-state index contributed by atoms with van der Waals surface area (Å²) in [7, 11) is 0. The van der Waals surface area contributed by atoms with Crippen LogP contribution in [0.25, 0.3) is 0 Å². The number of rotatable bonds is 7. The summed E-state index contributed by atoms with van der Waals surface area (Å²) in [5.41, 5.74) is 0.775. The zero-order chi connectivity index (χ0) is 15.1. The van der Waals surface area contributed by atoms with Gasteiger partial charge in [-0.15, -0.1) is 0 Å². The Bertz CT molecular complexity index is 501. The molecule has 4 heteroatoms. The number of nitriles is 1. The number of carbonyl (C=O) groups is 1. The summed E-state index contributed by atoms with van der Waals surface area (Å²) in [5.74, 6) is -0.136. The van der Waals surface area contributed by atoms with Crippen LogP contribution >= 0.6 is 0 Å². The van der Waals surface area contributed by atoms with Crippen molar-refractivity contribution in [2.75, 3.05) is 13.2 Å². The molecule has 1 aromatic carbocycles. The van der Waals surface area contributed by atoms with Crippen LogP contribution in [0.1, 0.15) is 38.2 Å². The molecule has 2 rings (SSSR count). The van der Waals surface area contributed by atoms with Crippen molar-refractivity contribution in [2.24, 2.45) is 0 Å². The van der Waals surface area contributed by atoms with Gasteiger partial charge < -0.3 is 10.1 Å². The van der Waals surface area contributed by atoms with Gasteiger partial charge >= 0.3 is 5.97 Å². The number of carbonyl (C=O) groups excluding carboxylic acids is 1. The number of hydrogen-bond acceptors (Lipinski definition) is 4. The zero-order valence-electron chi connectivity index (χ0n) is 12.5. The van der Waals surface area contributed by atoms with Gasteiger partial charge in [0.1, 0.15) is 0 Å². The summed E-state index contributed by atoms with van der Waals surface area (Å²) in [4.78, 5) is 11.2. The van der Waals surface area contributed by atoms with Gasteiger partial charge in [-0.2, -0.15) is 5.26 Å². The lowest BCUT2D eigenvalue weighted by molar-refractivity contribution is -0.143. The molecule has 1 aromatic rings. The van der Waals surface area contributed by atoms with E-state index in [0.717, 1.165) is 31.4 Å². The summed E-state index contributed by atoms with van der Waals surface area (Å²) < 4.78 is 4.89. The van der Waals surface area contributed by atoms with Crippen LogP contribution in [0.15, 0.2) is 30.3 Å². The molecule has 1 N–H and O–H groups in total. The third kappa shape index (κ3) is 3.83. The molecular formula is C17H22N2O2. The smallest absolute Gasteiger partial charge is 0.305 e. The Morgan fingerprint density at radius 1 is 1.43 bits per heavy atom. The first-order valence-corrected chi connectivity index (χ1v) is 7.56. The van der Waals surface area contributed by atoms with Gasteiger partial charge in [0.15, 0.2) is 0 Å². The average molecular weight is 286 g/mol. The lowest BCUT2D eigenvalue weighted by Gasteiger charge is -2.43. The maximum absolute atomic E-state index is 11.2. The Balaban J connectivity index is 1.71. The predicted molar refractivity (Wildman–Crippen MR) is 80.6 cm³/mol. The highest BCUT2D eigenvalue weighted by atomic mass is 16.5. The van der Waals surface area contributed by atoms with Gasteiger partial charge in [-0.3, -0.25) is 4.79 Å². The quantitative estimate of drug-likeness (QED) is 0.618. The van der Waals surface area contributed by atoms with Gasteiger partial charge in [-0.1, -0.05) is 30.3 Å². The first kappa shape index (κ1) is 15.5. The van der Waals surface area contributed by atoms with Gasteiger partial charge in [0, 0.05) is 12.5 Å². The van der Waals surface area contributed by atoms with Crippen molar-refractivity contribution in [1.29, 1.82) is 5.26 Å². The second kappa shape index (κ2) is 7.24. The molecule has 0 aromatic heterocycles. The standard InChI is InChI=1S/C17H22N2O2/c1-2-21-16(20)9-6-10-19-15-11-17(12-15,13-18)14-7-4-3-5-8-14/h3-5,7-8,15,19H,2,6,9-12H2,1H3. The van der Waals surface area contributed by atoms with E-state index in [1.54, 1.807) is 0 Å². The molecule has 21 heavy (non-hydrogen) atoms. The number of nitrogens with zero attached hydrogens (tertiary/aromatic N) is 1. The first-order valence-electron chi connectivity index (χ1n) is 7.56. The van der Waals surface area contributed by atoms with E-state index in [-0.39, 0.29) is 11.4 Å². The van der Waals surface area contributed by atoms with E-state index in [1.165, 1.54) is 0 Å². The molecule has 0 aliphatic heterocycles. The number of ether oxygens (including phenoxy) is 1. The summed E-state index contributed by atoms with van der Waals surface area (Å²) in [6.07, 6.45) is 2.91. The van der Waals surface area contributed by atoms with Gasteiger partial charge in [0.25, 0.3) is 0 Å². The van der Waals surface area contributed by atoms with Gasteiger partial charge in [-0.05, 0) is 38.3 Å². The van der Waals surface area contributed by atoms with Gasteiger partial charge in [0.2, 0.25) is 0 Å². The van der Waals surface area contributed by atoms with E-state index in [2.05, 4.69) is 11.4 Å². The lowest BCUT2D eigenvalue weighted by Crippen LogP contribution is -2.51. The SMILES string of the molecule is CCOC(=O)CCCNC1CC(C#N)(c2ccccc2)C1. The number of esters is 1. The Kier molecular flexibility index (Phi) is 5.35. The maximum Gasteiger partial charge on any atom is 0.305 e. The zero-order valence-corrected chi connectivity index (χ0v) is 12.5. The van der Waals surface area contributed by atoms with Crippen molar-refractivity contribution < 1.29 is 9.53 Å². The highest BCUT2D eigenvalue weighted by molar-refractivity contribution is 5.69. The minimum absolute atomic E-state index is 0.136. The largest absolute Gasteiger partial charge is 0.466 e. The Hall–Kier alpha value is -1.86. The third-order valence-corrected chi connectivity index (χ3v) is 4.03. The second-order valence-electron chi connectivity index (χ2n) is 5.53. The fraction of sp³-hybridized carbons (Fsp3) is 0.529. The molecule has 0 saturated heterocycles. The molecule has 0 spiro atoms. The van der Waals surface area contributed by atoms with E-state index in [0.29, 0.717) is 19.1 Å². The van der Waals surface area contributed by atoms with E-state index >= 15 is 0 Å². The third-order valence-electron chi connectivity index (χ3n) is 4.03. The molecule has 1 fully saturated rings. The highest BCUT2D eigenvalue weighted by Crippen LogP contribution is 2.43. The summed E-state index contributed by atoms with van der Waals surface area (Å²) in [6, 6.07) is 12.8. The summed E-state index contributed by atoms with van der Waals surface area (Å²) in [5, 5.41) is 12.9. The molecule has 1 saturated carbocycles. The normalized spacial score (nSPS) is 23.9. The molecule has 1 aliphatic rings. The number of hydrogen-bond donors (Lipinski definition) is 1. The van der Waals surface area contributed by atoms with Crippen LogP contribution in [0.5, 0.6) is 0 Å². The van der Waals surface area contributed by atoms with Crippen LogP contribution in [-0.4, -0.2) is 25.2 Å². The van der Waals surface area contributed by atoms with Crippen LogP contribution in [0.3, 0.4) is 0 Å². The van der Waals surface area contributed by atoms with Crippen molar-refractivity contribution in [3.8, 4) is 6.07 Å². The van der Waals surface area contributed by atoms with Crippen LogP contribution in [0.2, 0.25) is 0 Å². The minimum Gasteiger partial charge on any atom is -0.466 e. The molecule has 1 aliphatic carbocycles. The van der Waals surface area contributed by atoms with Crippen molar-refractivity contribution in [1.82, 2.24) is 5.32 Å². The number of benzene rings is 1. The van der Waals surface area contributed by atoms with Crippen molar-refractivity contribution >= 4 is 5.97 Å². The Labute approximate surface area is 126 Å². The van der Waals surface area contributed by atoms with Crippen molar-refractivity contribution in [2.45, 2.75) is 44.1 Å². The van der Waals surface area contributed by atoms with Crippen molar-refractivity contribution in [3.63, 3.8) is 0 Å². The highest BCUT2D eigenvalue weighted by Gasteiger charge is 2.45.